The van der Waals surface area contributed by atoms with Gasteiger partial charge in [-0.3, -0.25) is 9.69 Å². The average molecular weight is 475 g/mol. The van der Waals surface area contributed by atoms with Crippen LogP contribution in [-0.4, -0.2) is 49.9 Å². The molecule has 2 aromatic heterocycles. The van der Waals surface area contributed by atoms with Crippen LogP contribution < -0.4 is 10.3 Å². The Morgan fingerprint density at radius 1 is 1.14 bits per heavy atom. The molecule has 0 unspecified atom stereocenters. The number of nitrogens with zero attached hydrogens (tertiary/aromatic N) is 5. The van der Waals surface area contributed by atoms with Crippen molar-refractivity contribution >= 4 is 10.9 Å². The van der Waals surface area contributed by atoms with Gasteiger partial charge in [0.05, 0.1) is 26.3 Å². The van der Waals surface area contributed by atoms with Crippen molar-refractivity contribution < 1.29 is 9.47 Å². The fourth-order valence-corrected chi connectivity index (χ4v) is 4.55. The van der Waals surface area contributed by atoms with E-state index in [4.69, 9.17) is 9.47 Å². The first-order valence-electron chi connectivity index (χ1n) is 11.9. The van der Waals surface area contributed by atoms with Gasteiger partial charge in [-0.15, -0.1) is 5.10 Å². The number of nitrogens with one attached hydrogen (secondary N) is 1. The summed E-state index contributed by atoms with van der Waals surface area (Å²) in [6.45, 7) is 5.05. The molecule has 1 N–H and O–H groups in total. The van der Waals surface area contributed by atoms with Crippen molar-refractivity contribution in [1.82, 2.24) is 30.1 Å². The van der Waals surface area contributed by atoms with Crippen molar-refractivity contribution in [3.05, 3.63) is 81.4 Å². The summed E-state index contributed by atoms with van der Waals surface area (Å²) in [6.07, 6.45) is 2.22. The largest absolute Gasteiger partial charge is 0.497 e. The zero-order chi connectivity index (χ0) is 24.2. The van der Waals surface area contributed by atoms with Crippen LogP contribution in [0, 0.1) is 6.92 Å². The second kappa shape index (κ2) is 10.4. The molecule has 35 heavy (non-hydrogen) atoms. The molecule has 5 rings (SSSR count). The van der Waals surface area contributed by atoms with Crippen molar-refractivity contribution in [2.45, 2.75) is 52.0 Å². The van der Waals surface area contributed by atoms with E-state index in [9.17, 15) is 4.79 Å². The summed E-state index contributed by atoms with van der Waals surface area (Å²) in [4.78, 5) is 18.1. The summed E-state index contributed by atoms with van der Waals surface area (Å²) in [5.41, 5.74) is 3.72. The number of H-pyrrole nitrogens is 1. The molecule has 2 aromatic carbocycles. The molecule has 1 aliphatic heterocycles. The molecule has 0 bridgehead atoms. The van der Waals surface area contributed by atoms with Gasteiger partial charge in [0.1, 0.15) is 5.75 Å². The molecular weight excluding hydrogens is 444 g/mol. The summed E-state index contributed by atoms with van der Waals surface area (Å²) >= 11 is 0. The van der Waals surface area contributed by atoms with E-state index in [1.54, 1.807) is 7.11 Å². The van der Waals surface area contributed by atoms with Gasteiger partial charge in [0.15, 0.2) is 5.82 Å². The third-order valence-electron chi connectivity index (χ3n) is 6.41. The Bertz CT molecular complexity index is 1340. The second-order valence-electron chi connectivity index (χ2n) is 9.12. The lowest BCUT2D eigenvalue weighted by Gasteiger charge is -2.22. The van der Waals surface area contributed by atoms with Crippen molar-refractivity contribution in [3.8, 4) is 5.75 Å². The predicted molar refractivity (Wildman–Crippen MR) is 132 cm³/mol. The van der Waals surface area contributed by atoms with E-state index in [0.717, 1.165) is 53.1 Å². The molecule has 0 amide bonds. The van der Waals surface area contributed by atoms with Gasteiger partial charge in [-0.25, -0.2) is 4.68 Å². The highest BCUT2D eigenvalue weighted by atomic mass is 16.5. The predicted octanol–water partition coefficient (Wildman–Crippen LogP) is 3.21. The van der Waals surface area contributed by atoms with Crippen LogP contribution in [0.1, 0.15) is 35.4 Å². The highest BCUT2D eigenvalue weighted by molar-refractivity contribution is 5.79. The van der Waals surface area contributed by atoms with Crippen LogP contribution in [0.5, 0.6) is 5.75 Å². The summed E-state index contributed by atoms with van der Waals surface area (Å²) in [5, 5.41) is 13.4. The van der Waals surface area contributed by atoms with Gasteiger partial charge in [0.2, 0.25) is 0 Å². The minimum Gasteiger partial charge on any atom is -0.497 e. The van der Waals surface area contributed by atoms with E-state index in [0.29, 0.717) is 31.7 Å². The van der Waals surface area contributed by atoms with Crippen LogP contribution in [0.4, 0.5) is 0 Å². The minimum absolute atomic E-state index is 0.0833. The van der Waals surface area contributed by atoms with Gasteiger partial charge in [-0.1, -0.05) is 23.8 Å². The maximum Gasteiger partial charge on any atom is 0.252 e. The van der Waals surface area contributed by atoms with E-state index >= 15 is 0 Å². The molecule has 0 radical (unpaired) electrons. The molecule has 1 atom stereocenters. The average Bonchev–Trinajstić information content (AvgIpc) is 3.53. The number of tetrazole rings is 1. The number of hydrogen-bond acceptors (Lipinski definition) is 7. The summed E-state index contributed by atoms with van der Waals surface area (Å²) in [5.74, 6) is 1.56. The van der Waals surface area contributed by atoms with Crippen LogP contribution in [0.2, 0.25) is 0 Å². The topological polar surface area (TPSA) is 98.2 Å². The van der Waals surface area contributed by atoms with E-state index in [1.807, 2.05) is 54.1 Å². The number of aromatic nitrogens is 5. The number of hydrogen-bond donors (Lipinski definition) is 1. The van der Waals surface area contributed by atoms with Crippen LogP contribution in [0.15, 0.2) is 53.3 Å². The Hall–Kier alpha value is -3.56. The molecule has 3 heterocycles. The maximum absolute atomic E-state index is 12.9. The number of pyridine rings is 1. The number of aromatic amines is 1. The van der Waals surface area contributed by atoms with Crippen molar-refractivity contribution in [3.63, 3.8) is 0 Å². The summed E-state index contributed by atoms with van der Waals surface area (Å²) in [6, 6.07) is 16.0. The Labute approximate surface area is 203 Å². The maximum atomic E-state index is 12.9. The normalized spacial score (nSPS) is 15.8. The number of aryl methyl sites for hydroxylation is 1. The molecule has 0 spiro atoms. The molecule has 9 heteroatoms. The molecule has 182 valence electrons. The highest BCUT2D eigenvalue weighted by Crippen LogP contribution is 2.19. The first-order valence-corrected chi connectivity index (χ1v) is 11.9. The van der Waals surface area contributed by atoms with E-state index in [1.165, 1.54) is 0 Å². The lowest BCUT2D eigenvalue weighted by Crippen LogP contribution is -2.29. The van der Waals surface area contributed by atoms with Crippen molar-refractivity contribution in [1.29, 1.82) is 0 Å². The second-order valence-corrected chi connectivity index (χ2v) is 9.12. The van der Waals surface area contributed by atoms with E-state index in [2.05, 4.69) is 31.5 Å². The van der Waals surface area contributed by atoms with Gasteiger partial charge in [0, 0.05) is 30.8 Å². The lowest BCUT2D eigenvalue weighted by atomic mass is 10.1. The third kappa shape index (κ3) is 5.58. The fourth-order valence-electron chi connectivity index (χ4n) is 4.55. The SMILES string of the molecule is COc1ccc(CN(Cc2cc3cc(C)ccc3[nH]c2=O)Cc2nnnn2C[C@H]2CCCO2)cc1. The van der Waals surface area contributed by atoms with Crippen molar-refractivity contribution in [2.24, 2.45) is 0 Å². The molecule has 9 nitrogen and oxygen atoms in total. The quantitative estimate of drug-likeness (QED) is 0.398. The number of fused-ring (bicyclic) bond motifs is 1. The van der Waals surface area contributed by atoms with Crippen LogP contribution in [0.3, 0.4) is 0 Å². The molecule has 1 saturated heterocycles. The third-order valence-corrected chi connectivity index (χ3v) is 6.41. The standard InChI is InChI=1S/C26H30N6O3/c1-18-5-10-24-20(12-18)13-21(26(33)27-24)15-31(14-19-6-8-22(34-2)9-7-19)17-25-28-29-30-32(25)16-23-4-3-11-35-23/h5-10,12-13,23H,3-4,11,14-17H2,1-2H3,(H,27,33)/t23-/m1/s1. The first kappa shape index (κ1) is 23.2. The number of ether oxygens (including phenoxy) is 2. The monoisotopic (exact) mass is 474 g/mol. The van der Waals surface area contributed by atoms with Gasteiger partial charge < -0.3 is 14.5 Å². The molecule has 1 fully saturated rings. The van der Waals surface area contributed by atoms with E-state index < -0.39 is 0 Å². The molecule has 1 aliphatic rings. The Morgan fingerprint density at radius 3 is 2.77 bits per heavy atom. The number of methoxy groups -OCH3 is 1. The van der Waals surface area contributed by atoms with Gasteiger partial charge in [-0.2, -0.15) is 0 Å². The molecular formula is C26H30N6O3. The van der Waals surface area contributed by atoms with Crippen LogP contribution >= 0.6 is 0 Å². The smallest absolute Gasteiger partial charge is 0.252 e. The van der Waals surface area contributed by atoms with Gasteiger partial charge >= 0.3 is 0 Å². The Kier molecular flexibility index (Phi) is 6.87. The zero-order valence-corrected chi connectivity index (χ0v) is 20.1. The van der Waals surface area contributed by atoms with Crippen LogP contribution in [0.25, 0.3) is 10.9 Å². The molecule has 4 aromatic rings. The first-order chi connectivity index (χ1) is 17.1. The highest BCUT2D eigenvalue weighted by Gasteiger charge is 2.21. The number of benzene rings is 2. The lowest BCUT2D eigenvalue weighted by molar-refractivity contribution is 0.0914. The van der Waals surface area contributed by atoms with Crippen molar-refractivity contribution in [2.75, 3.05) is 13.7 Å². The number of rotatable bonds is 9. The Morgan fingerprint density at radius 2 is 2.00 bits per heavy atom. The fraction of sp³-hybridized carbons (Fsp3) is 0.385. The Balaban J connectivity index is 1.42. The van der Waals surface area contributed by atoms with E-state index in [-0.39, 0.29) is 11.7 Å². The minimum atomic E-state index is -0.0833. The summed E-state index contributed by atoms with van der Waals surface area (Å²) in [7, 11) is 1.66. The van der Waals surface area contributed by atoms with Gasteiger partial charge in [-0.05, 0) is 71.5 Å². The molecule has 0 saturated carbocycles. The van der Waals surface area contributed by atoms with Gasteiger partial charge in [0.25, 0.3) is 5.56 Å². The summed E-state index contributed by atoms with van der Waals surface area (Å²) < 4.78 is 12.9. The zero-order valence-electron chi connectivity index (χ0n) is 20.1. The molecule has 0 aliphatic carbocycles. The van der Waals surface area contributed by atoms with Crippen LogP contribution in [-0.2, 0) is 30.9 Å².